The third-order valence-corrected chi connectivity index (χ3v) is 5.32. The zero-order valence-corrected chi connectivity index (χ0v) is 19.5. The summed E-state index contributed by atoms with van der Waals surface area (Å²) in [6.45, 7) is 9.62. The molecule has 0 spiro atoms. The predicted octanol–water partition coefficient (Wildman–Crippen LogP) is 4.01. The van der Waals surface area contributed by atoms with Gasteiger partial charge in [0.1, 0.15) is 5.69 Å². The second-order valence-electron chi connectivity index (χ2n) is 8.81. The van der Waals surface area contributed by atoms with Crippen molar-refractivity contribution >= 4 is 34.9 Å². The minimum Gasteiger partial charge on any atom is -0.478 e. The SMILES string of the molecule is CC1=NN(c2ccc(C(C)(C)C)cc2)C(=O)/C1=C(/C)NNC(=O)c1ccc(C(=O)O)c(N=O)c1. The molecule has 3 N–H and O–H groups in total. The number of hydrogen-bond acceptors (Lipinski definition) is 7. The molecule has 0 fully saturated rings. The summed E-state index contributed by atoms with van der Waals surface area (Å²) in [4.78, 5) is 47.5. The highest BCUT2D eigenvalue weighted by Crippen LogP contribution is 2.28. The van der Waals surface area contributed by atoms with Gasteiger partial charge in [0.15, 0.2) is 0 Å². The topological polar surface area (TPSA) is 141 Å². The largest absolute Gasteiger partial charge is 0.478 e. The lowest BCUT2D eigenvalue weighted by Gasteiger charge is -2.20. The van der Waals surface area contributed by atoms with Gasteiger partial charge in [0, 0.05) is 11.3 Å². The molecule has 1 aliphatic heterocycles. The zero-order chi connectivity index (χ0) is 25.2. The van der Waals surface area contributed by atoms with Crippen LogP contribution in [0.3, 0.4) is 0 Å². The normalized spacial score (nSPS) is 15.0. The highest BCUT2D eigenvalue weighted by molar-refractivity contribution is 6.30. The van der Waals surface area contributed by atoms with Crippen LogP contribution >= 0.6 is 0 Å². The number of anilines is 1. The molecule has 0 aliphatic carbocycles. The van der Waals surface area contributed by atoms with Crippen molar-refractivity contribution in [2.45, 2.75) is 40.0 Å². The van der Waals surface area contributed by atoms with E-state index in [-0.39, 0.29) is 28.1 Å². The molecule has 0 aromatic heterocycles. The first kappa shape index (κ1) is 24.3. The van der Waals surface area contributed by atoms with Crippen molar-refractivity contribution in [3.63, 3.8) is 0 Å². The first-order chi connectivity index (χ1) is 15.9. The summed E-state index contributed by atoms with van der Waals surface area (Å²) in [7, 11) is 0. The van der Waals surface area contributed by atoms with Crippen LogP contribution in [0.15, 0.2) is 64.0 Å². The number of carbonyl (C=O) groups excluding carboxylic acids is 2. The molecule has 0 unspecified atom stereocenters. The van der Waals surface area contributed by atoms with Crippen molar-refractivity contribution in [2.75, 3.05) is 5.01 Å². The summed E-state index contributed by atoms with van der Waals surface area (Å²) in [5.41, 5.74) is 7.34. The molecule has 0 bridgehead atoms. The van der Waals surface area contributed by atoms with Gasteiger partial charge in [-0.2, -0.15) is 10.1 Å². The Kier molecular flexibility index (Phi) is 6.62. The van der Waals surface area contributed by atoms with Gasteiger partial charge in [0.05, 0.1) is 22.5 Å². The zero-order valence-electron chi connectivity index (χ0n) is 19.5. The number of hydrogen-bond donors (Lipinski definition) is 3. The number of carbonyl (C=O) groups is 3. The second kappa shape index (κ2) is 9.26. The number of carboxylic acid groups (broad SMARTS) is 1. The molecule has 2 aromatic carbocycles. The minimum atomic E-state index is -1.33. The molecule has 10 heteroatoms. The van der Waals surface area contributed by atoms with Crippen LogP contribution in [0.5, 0.6) is 0 Å². The summed E-state index contributed by atoms with van der Waals surface area (Å²) in [5, 5.41) is 17.4. The van der Waals surface area contributed by atoms with Crippen LogP contribution in [0, 0.1) is 4.91 Å². The summed E-state index contributed by atoms with van der Waals surface area (Å²) in [5.74, 6) is -2.32. The summed E-state index contributed by atoms with van der Waals surface area (Å²) in [6.07, 6.45) is 0. The van der Waals surface area contributed by atoms with Crippen molar-refractivity contribution in [2.24, 2.45) is 10.3 Å². The van der Waals surface area contributed by atoms with Gasteiger partial charge in [-0.15, -0.1) is 4.91 Å². The number of benzene rings is 2. The molecule has 1 aliphatic rings. The van der Waals surface area contributed by atoms with E-state index >= 15 is 0 Å². The molecule has 2 aromatic rings. The smallest absolute Gasteiger partial charge is 0.338 e. The number of hydrazone groups is 1. The van der Waals surface area contributed by atoms with Gasteiger partial charge in [-0.1, -0.05) is 32.9 Å². The lowest BCUT2D eigenvalue weighted by Crippen LogP contribution is -2.37. The van der Waals surface area contributed by atoms with E-state index in [1.165, 1.54) is 11.1 Å². The fraction of sp³-hybridized carbons (Fsp3) is 0.250. The molecule has 176 valence electrons. The Morgan fingerprint density at radius 3 is 2.26 bits per heavy atom. The third kappa shape index (κ3) is 4.85. The molecule has 0 radical (unpaired) electrons. The van der Waals surface area contributed by atoms with E-state index in [1.807, 2.05) is 24.3 Å². The van der Waals surface area contributed by atoms with Crippen molar-refractivity contribution < 1.29 is 19.5 Å². The highest BCUT2D eigenvalue weighted by atomic mass is 16.4. The number of carboxylic acids is 1. The lowest BCUT2D eigenvalue weighted by atomic mass is 9.87. The fourth-order valence-electron chi connectivity index (χ4n) is 3.43. The summed E-state index contributed by atoms with van der Waals surface area (Å²) >= 11 is 0. The van der Waals surface area contributed by atoms with E-state index < -0.39 is 11.9 Å². The molecular weight excluding hydrogens is 438 g/mol. The van der Waals surface area contributed by atoms with Crippen LogP contribution in [0.2, 0.25) is 0 Å². The van der Waals surface area contributed by atoms with Crippen molar-refractivity contribution in [3.05, 3.63) is 75.3 Å². The van der Waals surface area contributed by atoms with Gasteiger partial charge >= 0.3 is 5.97 Å². The van der Waals surface area contributed by atoms with E-state index in [0.717, 1.165) is 17.7 Å². The number of nitrogens with one attached hydrogen (secondary N) is 2. The van der Waals surface area contributed by atoms with E-state index in [2.05, 4.69) is 41.9 Å². The number of rotatable bonds is 6. The Labute approximate surface area is 196 Å². The van der Waals surface area contributed by atoms with Crippen LogP contribution in [-0.2, 0) is 10.2 Å². The van der Waals surface area contributed by atoms with Crippen LogP contribution < -0.4 is 15.9 Å². The average Bonchev–Trinajstić information content (AvgIpc) is 3.09. The number of nitrogens with zero attached hydrogens (tertiary/aromatic N) is 3. The minimum absolute atomic E-state index is 0.0208. The highest BCUT2D eigenvalue weighted by Gasteiger charge is 2.31. The van der Waals surface area contributed by atoms with Crippen LogP contribution in [0.1, 0.15) is 60.9 Å². The molecule has 34 heavy (non-hydrogen) atoms. The molecule has 1 heterocycles. The van der Waals surface area contributed by atoms with Gasteiger partial charge in [-0.3, -0.25) is 15.0 Å². The van der Waals surface area contributed by atoms with E-state index in [1.54, 1.807) is 13.8 Å². The first-order valence-electron chi connectivity index (χ1n) is 10.4. The van der Waals surface area contributed by atoms with Gasteiger partial charge in [0.2, 0.25) is 0 Å². The maximum absolute atomic E-state index is 13.0. The van der Waals surface area contributed by atoms with Gasteiger partial charge < -0.3 is 10.5 Å². The number of amides is 2. The Hall–Kier alpha value is -4.34. The lowest BCUT2D eigenvalue weighted by molar-refractivity contribution is -0.114. The van der Waals surface area contributed by atoms with Crippen LogP contribution in [-0.4, -0.2) is 28.6 Å². The molecule has 2 amide bonds. The second-order valence-corrected chi connectivity index (χ2v) is 8.81. The maximum Gasteiger partial charge on any atom is 0.338 e. The summed E-state index contributed by atoms with van der Waals surface area (Å²) in [6, 6.07) is 11.0. The average molecular weight is 463 g/mol. The van der Waals surface area contributed by atoms with Gasteiger partial charge in [-0.25, -0.2) is 4.79 Å². The number of nitroso groups, excluding NO2 is 1. The van der Waals surface area contributed by atoms with E-state index in [4.69, 9.17) is 5.11 Å². The number of allylic oxidation sites excluding steroid dienone is 1. The monoisotopic (exact) mass is 463 g/mol. The summed E-state index contributed by atoms with van der Waals surface area (Å²) < 4.78 is 0. The molecule has 0 atom stereocenters. The quantitative estimate of drug-likeness (QED) is 0.336. The van der Waals surface area contributed by atoms with Crippen molar-refractivity contribution in [3.8, 4) is 0 Å². The molecule has 3 rings (SSSR count). The molecule has 0 saturated heterocycles. The number of hydrazine groups is 1. The number of aromatic carboxylic acids is 1. The molecule has 0 saturated carbocycles. The van der Waals surface area contributed by atoms with E-state index in [9.17, 15) is 19.3 Å². The predicted molar refractivity (Wildman–Crippen MR) is 128 cm³/mol. The van der Waals surface area contributed by atoms with Crippen molar-refractivity contribution in [1.82, 2.24) is 10.9 Å². The van der Waals surface area contributed by atoms with Gasteiger partial charge in [-0.05, 0) is 60.3 Å². The standard InChI is InChI=1S/C24H25N5O5/c1-13(25-26-21(30)15-6-11-18(23(32)33)19(12-15)28-34)20-14(2)27-29(22(20)31)17-9-7-16(8-10-17)24(3,4)5/h6-12,25H,1-5H3,(H,26,30)(H,32,33)/b20-13-. The van der Waals surface area contributed by atoms with Crippen LogP contribution in [0.4, 0.5) is 11.4 Å². The van der Waals surface area contributed by atoms with E-state index in [0.29, 0.717) is 22.7 Å². The molecular formula is C24H25N5O5. The Balaban J connectivity index is 1.75. The fourth-order valence-corrected chi connectivity index (χ4v) is 3.43. The Bertz CT molecular complexity index is 1240. The van der Waals surface area contributed by atoms with Crippen molar-refractivity contribution in [1.29, 1.82) is 0 Å². The Morgan fingerprint density at radius 2 is 1.71 bits per heavy atom. The maximum atomic E-state index is 13.0. The molecule has 10 nitrogen and oxygen atoms in total. The first-order valence-corrected chi connectivity index (χ1v) is 10.4. The Morgan fingerprint density at radius 1 is 1.06 bits per heavy atom. The third-order valence-electron chi connectivity index (χ3n) is 5.32. The van der Waals surface area contributed by atoms with Crippen LogP contribution in [0.25, 0.3) is 0 Å². The van der Waals surface area contributed by atoms with Gasteiger partial charge in [0.25, 0.3) is 11.8 Å².